The predicted molar refractivity (Wildman–Crippen MR) is 74.6 cm³/mol. The summed E-state index contributed by atoms with van der Waals surface area (Å²) in [5.41, 5.74) is 0. The third kappa shape index (κ3) is 23.0. The molecule has 0 bridgehead atoms. The average Bonchev–Trinajstić information content (AvgIpc) is 2.40. The minimum Gasteiger partial charge on any atom is -0.809 e. The van der Waals surface area contributed by atoms with Gasteiger partial charge in [-0.1, -0.05) is 0 Å². The molecule has 0 aliphatic rings. The molecule has 0 saturated carbocycles. The van der Waals surface area contributed by atoms with Crippen LogP contribution in [-0.2, 0) is 27.4 Å². The van der Waals surface area contributed by atoms with E-state index in [2.05, 4.69) is 34.8 Å². The van der Waals surface area contributed by atoms with Gasteiger partial charge in [-0.3, -0.25) is 0 Å². The van der Waals surface area contributed by atoms with Crippen LogP contribution in [0.2, 0.25) is 0 Å². The van der Waals surface area contributed by atoms with Gasteiger partial charge in [0.2, 0.25) is 0 Å². The zero-order chi connectivity index (χ0) is 25.7. The normalized spacial score (nSPS) is 13.3. The molecule has 0 spiro atoms. The first-order valence-corrected chi connectivity index (χ1v) is 16.5. The fourth-order valence-electron chi connectivity index (χ4n) is 0.520. The van der Waals surface area contributed by atoms with Gasteiger partial charge in [0, 0.05) is 62.2 Å². The Kier molecular flexibility index (Phi) is 24.0. The van der Waals surface area contributed by atoms with Gasteiger partial charge in [-0.05, 0) is 45.6 Å². The molecular weight excluding hydrogens is 1090 g/mol. The van der Waals surface area contributed by atoms with Crippen molar-refractivity contribution in [2.75, 3.05) is 0 Å². The van der Waals surface area contributed by atoms with Gasteiger partial charge in [0.05, 0.1) is 14.6 Å². The van der Waals surface area contributed by atoms with E-state index < -0.39 is 60.2 Å². The van der Waals surface area contributed by atoms with Crippen LogP contribution in [0.3, 0.4) is 0 Å². The number of halogens is 3. The van der Waals surface area contributed by atoms with Gasteiger partial charge in [-0.25, -0.2) is 0 Å². The van der Waals surface area contributed by atoms with Gasteiger partial charge in [0.15, 0.2) is 0 Å². The minimum absolute atomic E-state index is 0. The topological polar surface area (TPSA) is 379 Å². The molecule has 0 aromatic heterocycles. The zero-order valence-corrected chi connectivity index (χ0v) is 29.9. The van der Waals surface area contributed by atoms with E-state index in [1.54, 1.807) is 0 Å². The van der Waals surface area contributed by atoms with Crippen LogP contribution in [-0.4, -0.2) is 14.6 Å². The summed E-state index contributed by atoms with van der Waals surface area (Å²) in [6.45, 7) is 0. The summed E-state index contributed by atoms with van der Waals surface area (Å²) in [5.74, 6) is 0. The second-order valence-electron chi connectivity index (χ2n) is 4.17. The fraction of sp³-hybridized carbons (Fsp3) is 1.00. The third-order valence-electron chi connectivity index (χ3n) is 1.57. The second-order valence-corrected chi connectivity index (χ2v) is 18.1. The van der Waals surface area contributed by atoms with Crippen molar-refractivity contribution in [2.45, 2.75) is 14.6 Å². The number of hydrogen-bond acceptors (Lipinski definition) is 18. The third-order valence-corrected chi connectivity index (χ3v) is 14.1. The van der Waals surface area contributed by atoms with Crippen LogP contribution in [0.25, 0.3) is 0 Å². The van der Waals surface area contributed by atoms with Crippen LogP contribution < -0.4 is 58.7 Å². The van der Waals surface area contributed by atoms with E-state index in [1.165, 1.54) is 0 Å². The first-order chi connectivity index (χ1) is 12.5. The van der Waals surface area contributed by atoms with Crippen molar-refractivity contribution in [3.8, 4) is 0 Å². The quantitative estimate of drug-likeness (QED) is 0.176. The van der Waals surface area contributed by atoms with Gasteiger partial charge >= 0.3 is 0 Å². The Hall–Kier alpha value is 3.87. The summed E-state index contributed by atoms with van der Waals surface area (Å²) >= 11 is 13.4. The molecule has 0 atom stereocenters. The maximum Gasteiger partial charge on any atom is 0.0879 e. The Morgan fingerprint density at radius 3 is 0.406 bits per heavy atom. The molecule has 29 heteroatoms. The summed E-state index contributed by atoms with van der Waals surface area (Å²) in [6, 6.07) is 0. The van der Waals surface area contributed by atoms with E-state index in [9.17, 15) is 86.1 Å². The molecule has 0 rings (SSSR count). The van der Waals surface area contributed by atoms with E-state index in [0.29, 0.717) is 0 Å². The van der Waals surface area contributed by atoms with Crippen LogP contribution in [0, 0.1) is 62.2 Å². The predicted octanol–water partition coefficient (Wildman–Crippen LogP) is -7.99. The number of hydrogen-bond donors (Lipinski definition) is 0. The van der Waals surface area contributed by atoms with E-state index in [0.717, 1.165) is 0 Å². The van der Waals surface area contributed by atoms with Crippen LogP contribution in [0.15, 0.2) is 0 Å². The summed E-state index contributed by atoms with van der Waals surface area (Å²) in [5, 5.41) is 0. The van der Waals surface area contributed by atoms with Crippen molar-refractivity contribution < 1.29 is 148 Å². The fourth-order valence-corrected chi connectivity index (χ4v) is 4.68. The van der Waals surface area contributed by atoms with E-state index >= 15 is 0 Å². The Labute approximate surface area is 240 Å². The van der Waals surface area contributed by atoms with Crippen molar-refractivity contribution in [3.63, 3.8) is 0 Å². The van der Waals surface area contributed by atoms with Crippen LogP contribution in [0.4, 0.5) is 0 Å². The molecule has 194 valence electrons. The van der Waals surface area contributed by atoms with Crippen molar-refractivity contribution in [2.24, 2.45) is 0 Å². The SMILES string of the molecule is O=P([O-])([O-])C(Cl)P(=O)([O-])[O-].O=P([O-])([O-])C(Cl)P(=O)([O-])[O-].O=P([O-])([O-])C(Cl)P(=O)([O-])[O-].[U].[U]. The monoisotopic (exact) mass is 1090 g/mol. The zero-order valence-electron chi connectivity index (χ0n) is 13.9. The molecule has 0 saturated heterocycles. The Morgan fingerprint density at radius 1 is 0.344 bits per heavy atom. The maximum atomic E-state index is 9.75. The largest absolute Gasteiger partial charge is 0.809 e. The van der Waals surface area contributed by atoms with Gasteiger partial charge in [0.25, 0.3) is 0 Å². The minimum atomic E-state index is -5.50. The molecule has 0 radical (unpaired) electrons. The summed E-state index contributed by atoms with van der Waals surface area (Å²) in [7, 11) is -33.0. The molecule has 0 fully saturated rings. The maximum absolute atomic E-state index is 9.75. The van der Waals surface area contributed by atoms with Gasteiger partial charge < -0.3 is 86.1 Å². The molecule has 0 N–H and O–H groups in total. The standard InChI is InChI=1S/3CH5ClO6P2.2U/c3*2-1(9(3,4)5)10(6,7)8;;/h3*1H,(H2,3,4,5)(H2,6,7,8);;/p-12. The van der Waals surface area contributed by atoms with Gasteiger partial charge in [-0.2, -0.15) is 0 Å². The molecule has 0 aromatic carbocycles. The van der Waals surface area contributed by atoms with Gasteiger partial charge in [-0.15, -0.1) is 34.8 Å². The van der Waals surface area contributed by atoms with Crippen molar-refractivity contribution in [1.82, 2.24) is 0 Å². The second kappa shape index (κ2) is 16.8. The Morgan fingerprint density at radius 2 is 0.406 bits per heavy atom. The first kappa shape index (κ1) is 45.8. The molecule has 0 heterocycles. The molecule has 0 unspecified atom stereocenters. The van der Waals surface area contributed by atoms with E-state index in [1.807, 2.05) is 0 Å². The first-order valence-electron chi connectivity index (χ1n) is 5.49. The van der Waals surface area contributed by atoms with E-state index in [-0.39, 0.29) is 62.2 Å². The molecule has 0 aliphatic carbocycles. The number of alkyl halides is 3. The molecular formula is C3H3Cl3O18P6U2-12. The average molecular weight is 1100 g/mol. The number of rotatable bonds is 6. The molecule has 0 aromatic rings. The van der Waals surface area contributed by atoms with Crippen LogP contribution in [0.5, 0.6) is 0 Å². The van der Waals surface area contributed by atoms with Crippen molar-refractivity contribution in [3.05, 3.63) is 0 Å². The molecule has 32 heavy (non-hydrogen) atoms. The van der Waals surface area contributed by atoms with E-state index in [4.69, 9.17) is 0 Å². The van der Waals surface area contributed by atoms with Crippen LogP contribution in [0.1, 0.15) is 0 Å². The summed E-state index contributed by atoms with van der Waals surface area (Å²) in [6.07, 6.45) is 0. The molecule has 0 aliphatic heterocycles. The smallest absolute Gasteiger partial charge is 0.0879 e. The van der Waals surface area contributed by atoms with Crippen molar-refractivity contribution in [1.29, 1.82) is 0 Å². The van der Waals surface area contributed by atoms with Crippen molar-refractivity contribution >= 4 is 80.4 Å². The summed E-state index contributed by atoms with van der Waals surface area (Å²) in [4.78, 5) is 108. The van der Waals surface area contributed by atoms with Crippen LogP contribution >= 0.6 is 80.4 Å². The summed E-state index contributed by atoms with van der Waals surface area (Å²) < 4.78 is 58.5. The Balaban J connectivity index is -0.000000110. The van der Waals surface area contributed by atoms with Gasteiger partial charge in [0.1, 0.15) is 0 Å². The molecule has 18 nitrogen and oxygen atoms in total. The molecule has 0 amide bonds. The Bertz CT molecular complexity index is 654.